The van der Waals surface area contributed by atoms with Crippen LogP contribution in [-0.2, 0) is 10.5 Å². The van der Waals surface area contributed by atoms with Gasteiger partial charge >= 0.3 is 0 Å². The van der Waals surface area contributed by atoms with Crippen LogP contribution in [0.25, 0.3) is 0 Å². The van der Waals surface area contributed by atoms with E-state index in [2.05, 4.69) is 15.5 Å². The molecule has 150 valence electrons. The van der Waals surface area contributed by atoms with Gasteiger partial charge in [-0.3, -0.25) is 9.59 Å². The first kappa shape index (κ1) is 20.9. The quantitative estimate of drug-likeness (QED) is 0.569. The van der Waals surface area contributed by atoms with Gasteiger partial charge in [-0.25, -0.2) is 4.98 Å². The van der Waals surface area contributed by atoms with Crippen LogP contribution in [0.2, 0.25) is 5.02 Å². The van der Waals surface area contributed by atoms with Gasteiger partial charge in [0.1, 0.15) is 10.8 Å². The number of carbonyl (C=O) groups is 2. The van der Waals surface area contributed by atoms with Crippen LogP contribution in [0, 0.1) is 6.92 Å². The van der Waals surface area contributed by atoms with Crippen molar-refractivity contribution in [3.8, 4) is 0 Å². The maximum atomic E-state index is 12.9. The lowest BCUT2D eigenvalue weighted by molar-refractivity contribution is -0.116. The molecule has 0 aliphatic rings. The molecule has 29 heavy (non-hydrogen) atoms. The lowest BCUT2D eigenvalue weighted by Gasteiger charge is -2.18. The van der Waals surface area contributed by atoms with Gasteiger partial charge in [-0.15, -0.1) is 0 Å². The molecule has 9 heteroatoms. The summed E-state index contributed by atoms with van der Waals surface area (Å²) >= 11 is 7.44. The van der Waals surface area contributed by atoms with E-state index in [-0.39, 0.29) is 18.4 Å². The number of aromatic nitrogens is 2. The molecule has 0 aliphatic heterocycles. The van der Waals surface area contributed by atoms with Crippen LogP contribution in [0.15, 0.2) is 58.2 Å². The Kier molecular flexibility index (Phi) is 6.90. The highest BCUT2D eigenvalue weighted by atomic mass is 35.5. The van der Waals surface area contributed by atoms with E-state index in [0.717, 1.165) is 11.5 Å². The Balaban J connectivity index is 1.64. The van der Waals surface area contributed by atoms with E-state index in [9.17, 15) is 9.59 Å². The van der Waals surface area contributed by atoms with Crippen LogP contribution in [0.5, 0.6) is 0 Å². The largest absolute Gasteiger partial charge is 0.361 e. The molecule has 1 N–H and O–H groups in total. The normalized spacial score (nSPS) is 10.6. The third-order valence-corrected chi connectivity index (χ3v) is 5.28. The number of nitrogens with zero attached hydrogens (tertiary/aromatic N) is 3. The molecule has 0 saturated heterocycles. The van der Waals surface area contributed by atoms with Crippen molar-refractivity contribution in [1.29, 1.82) is 0 Å². The number of rotatable bonds is 7. The number of nitrogens with one attached hydrogen (secondary N) is 1. The summed E-state index contributed by atoms with van der Waals surface area (Å²) in [5, 5.41) is 7.65. The van der Waals surface area contributed by atoms with Crippen LogP contribution in [0.1, 0.15) is 21.8 Å². The van der Waals surface area contributed by atoms with Crippen LogP contribution < -0.4 is 5.32 Å². The lowest BCUT2D eigenvalue weighted by Crippen LogP contribution is -2.35. The van der Waals surface area contributed by atoms with Crippen molar-refractivity contribution < 1.29 is 14.1 Å². The maximum absolute atomic E-state index is 12.9. The topological polar surface area (TPSA) is 88.3 Å². The second-order valence-corrected chi connectivity index (χ2v) is 7.63. The molecule has 0 fully saturated rings. The first-order chi connectivity index (χ1) is 13.9. The molecule has 7 nitrogen and oxygen atoms in total. The predicted octanol–water partition coefficient (Wildman–Crippen LogP) is 4.03. The zero-order valence-corrected chi connectivity index (χ0v) is 17.5. The number of para-hydroxylation sites is 1. The number of thioether (sulfide) groups is 1. The average molecular weight is 431 g/mol. The molecule has 3 aromatic rings. The maximum Gasteiger partial charge on any atom is 0.256 e. The molecular weight excluding hydrogens is 412 g/mol. The highest BCUT2D eigenvalue weighted by Gasteiger charge is 2.19. The van der Waals surface area contributed by atoms with Gasteiger partial charge in [0.05, 0.1) is 28.5 Å². The second-order valence-electron chi connectivity index (χ2n) is 6.26. The number of halogens is 1. The Bertz CT molecular complexity index is 1020. The molecule has 0 atom stereocenters. The summed E-state index contributed by atoms with van der Waals surface area (Å²) in [4.78, 5) is 30.8. The molecule has 0 bridgehead atoms. The SMILES string of the molecule is Cc1cc(CSc2ncccc2C(=O)N(C)CC(=O)Nc2ccccc2Cl)no1. The number of amides is 2. The van der Waals surface area contributed by atoms with Gasteiger partial charge in [0.15, 0.2) is 0 Å². The number of hydrogen-bond acceptors (Lipinski definition) is 6. The molecule has 0 aliphatic carbocycles. The van der Waals surface area contributed by atoms with Crippen molar-refractivity contribution in [2.24, 2.45) is 0 Å². The molecule has 2 heterocycles. The van der Waals surface area contributed by atoms with E-state index in [1.807, 2.05) is 13.0 Å². The molecule has 1 aromatic carbocycles. The molecule has 0 unspecified atom stereocenters. The van der Waals surface area contributed by atoms with Crippen molar-refractivity contribution in [3.05, 3.63) is 70.7 Å². The summed E-state index contributed by atoms with van der Waals surface area (Å²) in [7, 11) is 1.57. The van der Waals surface area contributed by atoms with Gasteiger partial charge in [-0.05, 0) is 31.2 Å². The second kappa shape index (κ2) is 9.58. The highest BCUT2D eigenvalue weighted by molar-refractivity contribution is 7.98. The van der Waals surface area contributed by atoms with E-state index in [1.54, 1.807) is 49.6 Å². The Labute approximate surface area is 177 Å². The summed E-state index contributed by atoms with van der Waals surface area (Å²) in [6, 6.07) is 12.1. The summed E-state index contributed by atoms with van der Waals surface area (Å²) in [5.74, 6) is 0.601. The van der Waals surface area contributed by atoms with Gasteiger partial charge in [0.25, 0.3) is 5.91 Å². The third kappa shape index (κ3) is 5.58. The predicted molar refractivity (Wildman–Crippen MR) is 112 cm³/mol. The number of anilines is 1. The first-order valence-electron chi connectivity index (χ1n) is 8.74. The Morgan fingerprint density at radius 2 is 2.03 bits per heavy atom. The number of hydrogen-bond donors (Lipinski definition) is 1. The highest BCUT2D eigenvalue weighted by Crippen LogP contribution is 2.25. The number of benzene rings is 1. The first-order valence-corrected chi connectivity index (χ1v) is 10.1. The Morgan fingerprint density at radius 1 is 1.24 bits per heavy atom. The number of carbonyl (C=O) groups excluding carboxylic acids is 2. The Hall–Kier alpha value is -2.84. The van der Waals surface area contributed by atoms with Gasteiger partial charge in [0, 0.05) is 25.1 Å². The van der Waals surface area contributed by atoms with Gasteiger partial charge < -0.3 is 14.7 Å². The fraction of sp³-hybridized carbons (Fsp3) is 0.200. The fourth-order valence-electron chi connectivity index (χ4n) is 2.54. The zero-order chi connectivity index (χ0) is 20.8. The average Bonchev–Trinajstić information content (AvgIpc) is 3.13. The van der Waals surface area contributed by atoms with Gasteiger partial charge in [0.2, 0.25) is 5.91 Å². The van der Waals surface area contributed by atoms with Crippen LogP contribution >= 0.6 is 23.4 Å². The molecule has 2 amide bonds. The molecule has 0 saturated carbocycles. The van der Waals surface area contributed by atoms with E-state index < -0.39 is 0 Å². The molecule has 3 rings (SSSR count). The summed E-state index contributed by atoms with van der Waals surface area (Å²) in [6.45, 7) is 1.70. The van der Waals surface area contributed by atoms with E-state index in [1.165, 1.54) is 16.7 Å². The van der Waals surface area contributed by atoms with Crippen molar-refractivity contribution >= 4 is 40.9 Å². The zero-order valence-electron chi connectivity index (χ0n) is 15.9. The standard InChI is InChI=1S/C20H19ClN4O3S/c1-13-10-14(24-28-13)12-29-19-15(6-5-9-22-19)20(27)25(2)11-18(26)23-17-8-4-3-7-16(17)21/h3-10H,11-12H2,1-2H3,(H,23,26). The minimum atomic E-state index is -0.342. The molecule has 0 radical (unpaired) electrons. The summed E-state index contributed by atoms with van der Waals surface area (Å²) in [5.41, 5.74) is 1.69. The monoisotopic (exact) mass is 430 g/mol. The van der Waals surface area contributed by atoms with Crippen LogP contribution in [0.3, 0.4) is 0 Å². The van der Waals surface area contributed by atoms with Gasteiger partial charge in [-0.2, -0.15) is 0 Å². The number of aryl methyl sites for hydroxylation is 1. The minimum Gasteiger partial charge on any atom is -0.361 e. The van der Waals surface area contributed by atoms with E-state index in [4.69, 9.17) is 16.1 Å². The lowest BCUT2D eigenvalue weighted by atomic mass is 10.2. The third-order valence-electron chi connectivity index (χ3n) is 3.91. The number of pyridine rings is 1. The van der Waals surface area contributed by atoms with Crippen LogP contribution in [-0.4, -0.2) is 40.4 Å². The number of likely N-dealkylation sites (N-methyl/N-ethyl adjacent to an activating group) is 1. The van der Waals surface area contributed by atoms with Gasteiger partial charge in [-0.1, -0.05) is 40.7 Å². The van der Waals surface area contributed by atoms with Crippen molar-refractivity contribution in [2.45, 2.75) is 17.7 Å². The summed E-state index contributed by atoms with van der Waals surface area (Å²) < 4.78 is 5.06. The van der Waals surface area contributed by atoms with Crippen molar-refractivity contribution in [3.63, 3.8) is 0 Å². The molecule has 2 aromatic heterocycles. The smallest absolute Gasteiger partial charge is 0.256 e. The molecular formula is C20H19ClN4O3S. The van der Waals surface area contributed by atoms with Crippen molar-refractivity contribution in [1.82, 2.24) is 15.0 Å². The fourth-order valence-corrected chi connectivity index (χ4v) is 3.59. The Morgan fingerprint density at radius 3 is 2.76 bits per heavy atom. The van der Waals surface area contributed by atoms with Crippen LogP contribution in [0.4, 0.5) is 5.69 Å². The molecule has 0 spiro atoms. The van der Waals surface area contributed by atoms with E-state index >= 15 is 0 Å². The van der Waals surface area contributed by atoms with Crippen molar-refractivity contribution in [2.75, 3.05) is 18.9 Å². The summed E-state index contributed by atoms with van der Waals surface area (Å²) in [6.07, 6.45) is 1.62. The minimum absolute atomic E-state index is 0.120. The van der Waals surface area contributed by atoms with E-state index in [0.29, 0.717) is 27.1 Å².